The highest BCUT2D eigenvalue weighted by Gasteiger charge is 2.30. The molecule has 1 amide bonds. The number of hydrogen-bond acceptors (Lipinski definition) is 3. The van der Waals surface area contributed by atoms with Crippen LogP contribution in [0.25, 0.3) is 0 Å². The lowest BCUT2D eigenvalue weighted by molar-refractivity contribution is -0.116. The minimum absolute atomic E-state index is 0.188. The smallest absolute Gasteiger partial charge is 0.282 e. The Hall–Kier alpha value is -1.44. The first-order valence-corrected chi connectivity index (χ1v) is 8.79. The number of rotatable bonds is 5. The summed E-state index contributed by atoms with van der Waals surface area (Å²) in [6.07, 6.45) is 1.75. The van der Waals surface area contributed by atoms with Gasteiger partial charge in [-0.3, -0.25) is 4.79 Å². The maximum Gasteiger partial charge on any atom is 0.282 e. The van der Waals surface area contributed by atoms with Crippen molar-refractivity contribution in [3.63, 3.8) is 0 Å². The van der Waals surface area contributed by atoms with Crippen LogP contribution in [-0.2, 0) is 15.0 Å². The van der Waals surface area contributed by atoms with E-state index in [9.17, 15) is 13.2 Å². The van der Waals surface area contributed by atoms with Crippen molar-refractivity contribution in [2.24, 2.45) is 0 Å². The van der Waals surface area contributed by atoms with Crippen molar-refractivity contribution in [3.05, 3.63) is 29.3 Å². The highest BCUT2D eigenvalue weighted by molar-refractivity contribution is 7.86. The Morgan fingerprint density at radius 3 is 2.55 bits per heavy atom. The van der Waals surface area contributed by atoms with Crippen LogP contribution in [0.1, 0.15) is 24.0 Å². The van der Waals surface area contributed by atoms with Gasteiger partial charge in [-0.25, -0.2) is 0 Å². The van der Waals surface area contributed by atoms with Crippen molar-refractivity contribution in [3.8, 4) is 0 Å². The van der Waals surface area contributed by atoms with Crippen LogP contribution in [0.4, 0.5) is 5.69 Å². The van der Waals surface area contributed by atoms with Crippen molar-refractivity contribution in [2.45, 2.75) is 26.7 Å². The highest BCUT2D eigenvalue weighted by atomic mass is 32.2. The Labute approximate surface area is 132 Å². The monoisotopic (exact) mass is 325 g/mol. The molecule has 1 aliphatic rings. The third-order valence-electron chi connectivity index (χ3n) is 4.03. The molecule has 1 saturated heterocycles. The number of anilines is 1. The van der Waals surface area contributed by atoms with Gasteiger partial charge in [0.15, 0.2) is 0 Å². The molecule has 2 rings (SSSR count). The molecule has 1 aromatic carbocycles. The van der Waals surface area contributed by atoms with Crippen LogP contribution < -0.4 is 5.32 Å². The molecule has 0 aromatic heterocycles. The van der Waals surface area contributed by atoms with E-state index in [1.54, 1.807) is 0 Å². The minimum atomic E-state index is -3.54. The van der Waals surface area contributed by atoms with Gasteiger partial charge < -0.3 is 5.32 Å². The summed E-state index contributed by atoms with van der Waals surface area (Å²) in [5, 5.41) is 2.78. The molecule has 0 bridgehead atoms. The fourth-order valence-electron chi connectivity index (χ4n) is 2.48. The molecule has 22 heavy (non-hydrogen) atoms. The summed E-state index contributed by atoms with van der Waals surface area (Å²) in [6.45, 7) is 4.77. The second-order valence-electron chi connectivity index (χ2n) is 5.67. The Morgan fingerprint density at radius 2 is 1.91 bits per heavy atom. The van der Waals surface area contributed by atoms with Gasteiger partial charge in [-0.05, 0) is 43.9 Å². The molecule has 1 N–H and O–H groups in total. The SMILES string of the molecule is Cc1cccc(NC(=O)CN(C)S(=O)(=O)N2CCCC2)c1C. The van der Waals surface area contributed by atoms with Crippen LogP contribution in [0, 0.1) is 13.8 Å². The van der Waals surface area contributed by atoms with Crippen LogP contribution in [0.3, 0.4) is 0 Å². The fourth-order valence-corrected chi connectivity index (χ4v) is 3.87. The van der Waals surface area contributed by atoms with Crippen LogP contribution in [0.5, 0.6) is 0 Å². The molecule has 0 aliphatic carbocycles. The van der Waals surface area contributed by atoms with Crippen molar-refractivity contribution in [1.29, 1.82) is 0 Å². The van der Waals surface area contributed by atoms with Gasteiger partial charge in [0.2, 0.25) is 5.91 Å². The zero-order chi connectivity index (χ0) is 16.3. The van der Waals surface area contributed by atoms with Crippen LogP contribution in [0.2, 0.25) is 0 Å². The van der Waals surface area contributed by atoms with Gasteiger partial charge in [0.25, 0.3) is 10.2 Å². The van der Waals surface area contributed by atoms with E-state index in [1.165, 1.54) is 11.4 Å². The third kappa shape index (κ3) is 3.66. The van der Waals surface area contributed by atoms with Gasteiger partial charge in [-0.2, -0.15) is 17.0 Å². The molecule has 0 atom stereocenters. The second kappa shape index (κ2) is 6.76. The largest absolute Gasteiger partial charge is 0.325 e. The molecule has 0 unspecified atom stereocenters. The molecule has 0 spiro atoms. The lowest BCUT2D eigenvalue weighted by Crippen LogP contribution is -2.43. The first-order chi connectivity index (χ1) is 10.3. The number of aryl methyl sites for hydroxylation is 1. The number of carbonyl (C=O) groups is 1. The zero-order valence-electron chi connectivity index (χ0n) is 13.3. The first kappa shape index (κ1) is 16.9. The number of nitrogens with one attached hydrogen (secondary N) is 1. The number of benzene rings is 1. The molecule has 0 radical (unpaired) electrons. The molecule has 1 fully saturated rings. The molecular weight excluding hydrogens is 302 g/mol. The number of hydrogen-bond donors (Lipinski definition) is 1. The number of nitrogens with zero attached hydrogens (tertiary/aromatic N) is 2. The normalized spacial score (nSPS) is 16.2. The third-order valence-corrected chi connectivity index (χ3v) is 5.96. The highest BCUT2D eigenvalue weighted by Crippen LogP contribution is 2.18. The Bertz CT molecular complexity index is 652. The fraction of sp³-hybridized carbons (Fsp3) is 0.533. The molecule has 7 heteroatoms. The van der Waals surface area contributed by atoms with Gasteiger partial charge in [0, 0.05) is 25.8 Å². The summed E-state index contributed by atoms with van der Waals surface area (Å²) in [5.41, 5.74) is 2.79. The summed E-state index contributed by atoms with van der Waals surface area (Å²) in [7, 11) is -2.10. The van der Waals surface area contributed by atoms with Crippen LogP contribution in [0.15, 0.2) is 18.2 Å². The molecule has 1 aromatic rings. The summed E-state index contributed by atoms with van der Waals surface area (Å²) >= 11 is 0. The molecule has 1 heterocycles. The van der Waals surface area contributed by atoms with E-state index >= 15 is 0 Å². The summed E-state index contributed by atoms with van der Waals surface area (Å²) in [6, 6.07) is 5.65. The average Bonchev–Trinajstić information content (AvgIpc) is 2.98. The molecule has 0 saturated carbocycles. The van der Waals surface area contributed by atoms with Gasteiger partial charge in [-0.1, -0.05) is 12.1 Å². The second-order valence-corrected chi connectivity index (χ2v) is 7.70. The summed E-state index contributed by atoms with van der Waals surface area (Å²) < 4.78 is 27.2. The van der Waals surface area contributed by atoms with E-state index in [0.29, 0.717) is 13.1 Å². The number of carbonyl (C=O) groups excluding carboxylic acids is 1. The Balaban J connectivity index is 2.01. The lowest BCUT2D eigenvalue weighted by atomic mass is 10.1. The van der Waals surface area contributed by atoms with Crippen LogP contribution in [-0.4, -0.2) is 49.6 Å². The number of amides is 1. The standard InChI is InChI=1S/C15H23N3O3S/c1-12-7-6-8-14(13(12)2)16-15(19)11-17(3)22(20,21)18-9-4-5-10-18/h6-8H,4-5,9-11H2,1-3H3,(H,16,19). The van der Waals surface area contributed by atoms with Crippen molar-refractivity contribution in [2.75, 3.05) is 32.0 Å². The quantitative estimate of drug-likeness (QED) is 0.892. The van der Waals surface area contributed by atoms with E-state index < -0.39 is 10.2 Å². The Kier molecular flexibility index (Phi) is 5.20. The maximum atomic E-state index is 12.3. The predicted molar refractivity (Wildman–Crippen MR) is 86.9 cm³/mol. The van der Waals surface area contributed by atoms with E-state index in [2.05, 4.69) is 5.32 Å². The molecule has 6 nitrogen and oxygen atoms in total. The Morgan fingerprint density at radius 1 is 1.27 bits per heavy atom. The molecule has 122 valence electrons. The van der Waals surface area contributed by atoms with Gasteiger partial charge in [-0.15, -0.1) is 0 Å². The summed E-state index contributed by atoms with van der Waals surface area (Å²) in [4.78, 5) is 12.1. The maximum absolute atomic E-state index is 12.3. The summed E-state index contributed by atoms with van der Waals surface area (Å²) in [5.74, 6) is -0.334. The number of likely N-dealkylation sites (N-methyl/N-ethyl adjacent to an activating group) is 1. The minimum Gasteiger partial charge on any atom is -0.325 e. The van der Waals surface area contributed by atoms with Gasteiger partial charge in [0.05, 0.1) is 6.54 Å². The van der Waals surface area contributed by atoms with Gasteiger partial charge >= 0.3 is 0 Å². The van der Waals surface area contributed by atoms with Crippen molar-refractivity contribution in [1.82, 2.24) is 8.61 Å². The van der Waals surface area contributed by atoms with Crippen LogP contribution >= 0.6 is 0 Å². The molecular formula is C15H23N3O3S. The van der Waals surface area contributed by atoms with E-state index in [1.807, 2.05) is 32.0 Å². The van der Waals surface area contributed by atoms with E-state index in [4.69, 9.17) is 0 Å². The average molecular weight is 325 g/mol. The van der Waals surface area contributed by atoms with E-state index in [0.717, 1.165) is 34.0 Å². The van der Waals surface area contributed by atoms with Crippen molar-refractivity contribution < 1.29 is 13.2 Å². The molecule has 1 aliphatic heterocycles. The van der Waals surface area contributed by atoms with E-state index in [-0.39, 0.29) is 12.5 Å². The zero-order valence-corrected chi connectivity index (χ0v) is 14.1. The topological polar surface area (TPSA) is 69.7 Å². The predicted octanol–water partition coefficient (Wildman–Crippen LogP) is 1.51. The van der Waals surface area contributed by atoms with Crippen molar-refractivity contribution >= 4 is 21.8 Å². The first-order valence-electron chi connectivity index (χ1n) is 7.40. The lowest BCUT2D eigenvalue weighted by Gasteiger charge is -2.23. The van der Waals surface area contributed by atoms with Gasteiger partial charge in [0.1, 0.15) is 0 Å².